The Hall–Kier alpha value is -2.60. The molecule has 0 aliphatic carbocycles. The summed E-state index contributed by atoms with van der Waals surface area (Å²) in [4.78, 5) is 24.4. The molecular weight excluding hydrogens is 332 g/mol. The lowest BCUT2D eigenvalue weighted by molar-refractivity contribution is -0.385. The predicted molar refractivity (Wildman–Crippen MR) is 88.8 cm³/mol. The van der Waals surface area contributed by atoms with Gasteiger partial charge in [-0.05, 0) is 13.0 Å². The van der Waals surface area contributed by atoms with Crippen molar-refractivity contribution in [3.8, 4) is 0 Å². The van der Waals surface area contributed by atoms with Crippen LogP contribution in [0.1, 0.15) is 18.1 Å². The molecule has 1 fully saturated rings. The van der Waals surface area contributed by atoms with Crippen LogP contribution in [0.15, 0.2) is 48.5 Å². The van der Waals surface area contributed by atoms with E-state index in [1.807, 2.05) is 12.1 Å². The molecule has 24 heavy (non-hydrogen) atoms. The van der Waals surface area contributed by atoms with Crippen LogP contribution in [0.5, 0.6) is 0 Å². The van der Waals surface area contributed by atoms with Crippen LogP contribution in [0.4, 0.5) is 10.5 Å². The summed E-state index contributed by atoms with van der Waals surface area (Å²) >= 11 is 6.22. The van der Waals surface area contributed by atoms with Gasteiger partial charge in [-0.2, -0.15) is 0 Å². The normalized spacial score (nSPS) is 20.1. The first kappa shape index (κ1) is 16.3. The molecule has 1 saturated heterocycles. The minimum atomic E-state index is -0.890. The first-order valence-electron chi connectivity index (χ1n) is 7.36. The van der Waals surface area contributed by atoms with Crippen LogP contribution >= 0.6 is 11.6 Å². The summed E-state index contributed by atoms with van der Waals surface area (Å²) < 4.78 is 5.53. The molecule has 2 aromatic carbocycles. The zero-order valence-corrected chi connectivity index (χ0v) is 13.7. The number of halogens is 1. The monoisotopic (exact) mass is 346 g/mol. The lowest BCUT2D eigenvalue weighted by atomic mass is 9.96. The second kappa shape index (κ2) is 6.13. The van der Waals surface area contributed by atoms with E-state index >= 15 is 0 Å². The Morgan fingerprint density at radius 2 is 1.92 bits per heavy atom. The van der Waals surface area contributed by atoms with Crippen LogP contribution in [0.3, 0.4) is 0 Å². The molecule has 3 rings (SSSR count). The first-order valence-corrected chi connectivity index (χ1v) is 7.74. The largest absolute Gasteiger partial charge is 0.436 e. The number of carbonyl (C=O) groups is 1. The summed E-state index contributed by atoms with van der Waals surface area (Å²) in [5, 5.41) is 11.6. The molecule has 0 radical (unpaired) electrons. The van der Waals surface area contributed by atoms with E-state index in [4.69, 9.17) is 16.3 Å². The molecule has 2 aromatic rings. The first-order chi connectivity index (χ1) is 11.4. The third-order valence-electron chi connectivity index (χ3n) is 4.06. The van der Waals surface area contributed by atoms with E-state index in [1.165, 1.54) is 11.0 Å². The standard InChI is InChI=1S/C17H15ClN2O4/c1-17(13-7-3-4-8-14(13)18)11-19(16(21)24-17)10-12-6-2-5-9-15(12)20(22)23/h2-9H,10-11H2,1H3. The van der Waals surface area contributed by atoms with Gasteiger partial charge < -0.3 is 4.74 Å². The number of carbonyl (C=O) groups excluding carboxylic acids is 1. The molecule has 0 bridgehead atoms. The lowest BCUT2D eigenvalue weighted by Crippen LogP contribution is -2.29. The van der Waals surface area contributed by atoms with E-state index in [-0.39, 0.29) is 18.8 Å². The van der Waals surface area contributed by atoms with Crippen molar-refractivity contribution in [1.29, 1.82) is 0 Å². The minimum Gasteiger partial charge on any atom is -0.436 e. The van der Waals surface area contributed by atoms with Crippen molar-refractivity contribution in [3.63, 3.8) is 0 Å². The zero-order valence-electron chi connectivity index (χ0n) is 12.9. The maximum Gasteiger partial charge on any atom is 0.411 e. The highest BCUT2D eigenvalue weighted by molar-refractivity contribution is 6.31. The quantitative estimate of drug-likeness (QED) is 0.616. The number of para-hydroxylation sites is 1. The minimum absolute atomic E-state index is 0.0170. The van der Waals surface area contributed by atoms with Crippen molar-refractivity contribution in [1.82, 2.24) is 4.90 Å². The Labute approximate surface area is 143 Å². The van der Waals surface area contributed by atoms with Crippen LogP contribution in [-0.4, -0.2) is 22.5 Å². The highest BCUT2D eigenvalue weighted by Gasteiger charge is 2.44. The van der Waals surface area contributed by atoms with Gasteiger partial charge in [-0.1, -0.05) is 48.0 Å². The molecule has 0 spiro atoms. The summed E-state index contributed by atoms with van der Waals surface area (Å²) in [6.07, 6.45) is -0.518. The van der Waals surface area contributed by atoms with Gasteiger partial charge in [-0.25, -0.2) is 4.79 Å². The Kier molecular flexibility index (Phi) is 4.15. The molecule has 0 aromatic heterocycles. The number of amides is 1. The van der Waals surface area contributed by atoms with Crippen molar-refractivity contribution in [3.05, 3.63) is 74.8 Å². The SMILES string of the molecule is CC1(c2ccccc2Cl)CN(Cc2ccccc2[N+](=O)[O-])C(=O)O1. The summed E-state index contributed by atoms with van der Waals surface area (Å²) in [5.41, 5.74) is 0.267. The van der Waals surface area contributed by atoms with Crippen molar-refractivity contribution in [2.75, 3.05) is 6.54 Å². The Balaban J connectivity index is 1.86. The van der Waals surface area contributed by atoms with Crippen molar-refractivity contribution in [2.45, 2.75) is 19.1 Å². The van der Waals surface area contributed by atoms with Gasteiger partial charge in [0, 0.05) is 22.2 Å². The number of nitro groups is 1. The van der Waals surface area contributed by atoms with Gasteiger partial charge >= 0.3 is 6.09 Å². The van der Waals surface area contributed by atoms with Crippen molar-refractivity contribution >= 4 is 23.4 Å². The van der Waals surface area contributed by atoms with Gasteiger partial charge in [0.25, 0.3) is 5.69 Å². The van der Waals surface area contributed by atoms with E-state index in [1.54, 1.807) is 37.3 Å². The molecule has 1 aliphatic heterocycles. The Bertz CT molecular complexity index is 811. The number of nitrogens with zero attached hydrogens (tertiary/aromatic N) is 2. The van der Waals surface area contributed by atoms with E-state index in [9.17, 15) is 14.9 Å². The number of benzene rings is 2. The second-order valence-corrected chi connectivity index (χ2v) is 6.23. The van der Waals surface area contributed by atoms with Crippen molar-refractivity contribution < 1.29 is 14.5 Å². The number of rotatable bonds is 4. The van der Waals surface area contributed by atoms with Crippen LogP contribution in [-0.2, 0) is 16.9 Å². The topological polar surface area (TPSA) is 72.7 Å². The highest BCUT2D eigenvalue weighted by atomic mass is 35.5. The van der Waals surface area contributed by atoms with E-state index in [0.29, 0.717) is 16.1 Å². The lowest BCUT2D eigenvalue weighted by Gasteiger charge is -2.23. The van der Waals surface area contributed by atoms with Gasteiger partial charge in [0.2, 0.25) is 0 Å². The summed E-state index contributed by atoms with van der Waals surface area (Å²) in [6.45, 7) is 2.16. The van der Waals surface area contributed by atoms with Crippen LogP contribution in [0, 0.1) is 10.1 Å². The number of hydrogen-bond acceptors (Lipinski definition) is 4. The fourth-order valence-electron chi connectivity index (χ4n) is 2.90. The Morgan fingerprint density at radius 3 is 2.62 bits per heavy atom. The molecule has 0 N–H and O–H groups in total. The fourth-order valence-corrected chi connectivity index (χ4v) is 3.23. The van der Waals surface area contributed by atoms with E-state index < -0.39 is 16.6 Å². The molecule has 0 saturated carbocycles. The predicted octanol–water partition coefficient (Wildman–Crippen LogP) is 4.12. The maximum atomic E-state index is 12.3. The second-order valence-electron chi connectivity index (χ2n) is 5.82. The number of nitro benzene ring substituents is 1. The summed E-state index contributed by atoms with van der Waals surface area (Å²) in [6, 6.07) is 13.5. The van der Waals surface area contributed by atoms with Crippen LogP contribution in [0.2, 0.25) is 5.02 Å². The number of hydrogen-bond donors (Lipinski definition) is 0. The number of ether oxygens (including phenoxy) is 1. The number of cyclic esters (lactones) is 1. The molecule has 1 amide bonds. The summed E-state index contributed by atoms with van der Waals surface area (Å²) in [7, 11) is 0. The fraction of sp³-hybridized carbons (Fsp3) is 0.235. The van der Waals surface area contributed by atoms with Crippen molar-refractivity contribution in [2.24, 2.45) is 0 Å². The van der Waals surface area contributed by atoms with E-state index in [2.05, 4.69) is 0 Å². The average Bonchev–Trinajstić information content (AvgIpc) is 2.83. The maximum absolute atomic E-state index is 12.3. The molecule has 7 heteroatoms. The third kappa shape index (κ3) is 2.92. The molecule has 1 atom stereocenters. The summed E-state index contributed by atoms with van der Waals surface area (Å²) in [5.74, 6) is 0. The molecule has 6 nitrogen and oxygen atoms in total. The molecule has 1 aliphatic rings. The van der Waals surface area contributed by atoms with Gasteiger partial charge in [-0.3, -0.25) is 15.0 Å². The third-order valence-corrected chi connectivity index (χ3v) is 4.39. The highest BCUT2D eigenvalue weighted by Crippen LogP contribution is 2.37. The molecular formula is C17H15ClN2O4. The zero-order chi connectivity index (χ0) is 17.3. The molecule has 124 valence electrons. The average molecular weight is 347 g/mol. The molecule has 1 unspecified atom stereocenters. The van der Waals surface area contributed by atoms with Gasteiger partial charge in [-0.15, -0.1) is 0 Å². The van der Waals surface area contributed by atoms with Gasteiger partial charge in [0.15, 0.2) is 5.60 Å². The van der Waals surface area contributed by atoms with Crippen LogP contribution < -0.4 is 0 Å². The van der Waals surface area contributed by atoms with Gasteiger partial charge in [0.05, 0.1) is 18.0 Å². The Morgan fingerprint density at radius 1 is 1.25 bits per heavy atom. The molecule has 1 heterocycles. The van der Waals surface area contributed by atoms with Crippen LogP contribution in [0.25, 0.3) is 0 Å². The van der Waals surface area contributed by atoms with E-state index in [0.717, 1.165) is 0 Å². The smallest absolute Gasteiger partial charge is 0.411 e. The van der Waals surface area contributed by atoms with Gasteiger partial charge in [0.1, 0.15) is 0 Å².